The maximum atomic E-state index is 13.9. The van der Waals surface area contributed by atoms with Gasteiger partial charge in [0.2, 0.25) is 5.92 Å². The number of ether oxygens (including phenoxy) is 1. The molecule has 1 fully saturated rings. The number of rotatable bonds is 2. The SMILES string of the molecule is C[C@@]1(c2cc(NC(=O)O)ccc2F)CCOC(N)=N1.FC1(F)CC1. The quantitative estimate of drug-likeness (QED) is 0.766. The summed E-state index contributed by atoms with van der Waals surface area (Å²) in [6.45, 7) is 2.06. The number of anilines is 1. The largest absolute Gasteiger partial charge is 0.465 e. The fourth-order valence-corrected chi connectivity index (χ4v) is 2.11. The summed E-state index contributed by atoms with van der Waals surface area (Å²) >= 11 is 0. The Balaban J connectivity index is 0.000000355. The van der Waals surface area contributed by atoms with Crippen LogP contribution in [0.25, 0.3) is 0 Å². The van der Waals surface area contributed by atoms with Crippen molar-refractivity contribution < 1.29 is 27.8 Å². The molecule has 0 unspecified atom stereocenters. The number of benzene rings is 1. The van der Waals surface area contributed by atoms with E-state index < -0.39 is 23.4 Å². The van der Waals surface area contributed by atoms with Gasteiger partial charge < -0.3 is 15.6 Å². The van der Waals surface area contributed by atoms with E-state index in [1.165, 1.54) is 18.2 Å². The zero-order chi connectivity index (χ0) is 18.0. The topological polar surface area (TPSA) is 96.9 Å². The number of carboxylic acid groups (broad SMARTS) is 1. The van der Waals surface area contributed by atoms with E-state index in [2.05, 4.69) is 10.3 Å². The number of amidine groups is 1. The molecule has 1 saturated carbocycles. The number of amides is 1. The summed E-state index contributed by atoms with van der Waals surface area (Å²) in [6, 6.07) is 3.98. The number of nitrogens with zero attached hydrogens (tertiary/aromatic N) is 1. The lowest BCUT2D eigenvalue weighted by Gasteiger charge is -2.30. The van der Waals surface area contributed by atoms with Crippen molar-refractivity contribution in [3.8, 4) is 0 Å². The van der Waals surface area contributed by atoms with E-state index in [4.69, 9.17) is 15.6 Å². The molecule has 0 saturated heterocycles. The number of halogens is 3. The lowest BCUT2D eigenvalue weighted by Crippen LogP contribution is -2.34. The zero-order valence-corrected chi connectivity index (χ0v) is 13.0. The third kappa shape index (κ3) is 4.77. The van der Waals surface area contributed by atoms with Gasteiger partial charge in [-0.05, 0) is 25.1 Å². The molecule has 1 aromatic rings. The molecule has 1 aliphatic heterocycles. The van der Waals surface area contributed by atoms with Gasteiger partial charge in [-0.15, -0.1) is 0 Å². The van der Waals surface area contributed by atoms with Gasteiger partial charge in [0.05, 0.1) is 12.1 Å². The second-order valence-electron chi connectivity index (χ2n) is 5.80. The molecule has 3 rings (SSSR count). The summed E-state index contributed by atoms with van der Waals surface area (Å²) < 4.78 is 41.2. The van der Waals surface area contributed by atoms with Crippen molar-refractivity contribution in [2.24, 2.45) is 10.7 Å². The van der Waals surface area contributed by atoms with Crippen LogP contribution in [0.15, 0.2) is 23.2 Å². The Morgan fingerprint density at radius 1 is 1.38 bits per heavy atom. The molecule has 1 aliphatic carbocycles. The van der Waals surface area contributed by atoms with Crippen LogP contribution in [0.4, 0.5) is 23.7 Å². The van der Waals surface area contributed by atoms with Gasteiger partial charge in [-0.2, -0.15) is 0 Å². The monoisotopic (exact) mass is 345 g/mol. The smallest absolute Gasteiger partial charge is 0.409 e. The van der Waals surface area contributed by atoms with Gasteiger partial charge in [0.1, 0.15) is 5.82 Å². The molecule has 0 aromatic heterocycles. The molecule has 0 bridgehead atoms. The van der Waals surface area contributed by atoms with Crippen molar-refractivity contribution >= 4 is 17.8 Å². The highest BCUT2D eigenvalue weighted by Crippen LogP contribution is 2.40. The van der Waals surface area contributed by atoms with Crippen LogP contribution in [0, 0.1) is 5.82 Å². The van der Waals surface area contributed by atoms with Crippen LogP contribution in [-0.2, 0) is 10.3 Å². The van der Waals surface area contributed by atoms with Gasteiger partial charge in [0.25, 0.3) is 6.02 Å². The van der Waals surface area contributed by atoms with Gasteiger partial charge in [0.15, 0.2) is 0 Å². The Kier molecular flexibility index (Phi) is 4.91. The van der Waals surface area contributed by atoms with E-state index in [9.17, 15) is 18.0 Å². The van der Waals surface area contributed by atoms with Crippen molar-refractivity contribution in [2.75, 3.05) is 11.9 Å². The first-order chi connectivity index (χ1) is 11.1. The lowest BCUT2D eigenvalue weighted by molar-refractivity contribution is 0.120. The van der Waals surface area contributed by atoms with E-state index in [1.54, 1.807) is 6.92 Å². The summed E-state index contributed by atoms with van der Waals surface area (Å²) in [6.07, 6.45) is -0.515. The second-order valence-corrected chi connectivity index (χ2v) is 5.80. The molecule has 1 heterocycles. The van der Waals surface area contributed by atoms with Gasteiger partial charge in [-0.25, -0.2) is 23.0 Å². The second kappa shape index (κ2) is 6.58. The van der Waals surface area contributed by atoms with E-state index in [0.29, 0.717) is 13.0 Å². The minimum atomic E-state index is -2.25. The summed E-state index contributed by atoms with van der Waals surface area (Å²) in [5.74, 6) is -2.71. The minimum Gasteiger partial charge on any atom is -0.465 e. The van der Waals surface area contributed by atoms with Crippen molar-refractivity contribution in [1.82, 2.24) is 0 Å². The summed E-state index contributed by atoms with van der Waals surface area (Å²) in [5, 5.41) is 10.9. The number of nitrogens with two attached hydrogens (primary N) is 1. The summed E-state index contributed by atoms with van der Waals surface area (Å²) in [5.41, 5.74) is 5.22. The Morgan fingerprint density at radius 2 is 2.00 bits per heavy atom. The summed E-state index contributed by atoms with van der Waals surface area (Å²) in [7, 11) is 0. The first kappa shape index (κ1) is 17.9. The number of alkyl halides is 2. The number of hydrogen-bond acceptors (Lipinski definition) is 4. The highest BCUT2D eigenvalue weighted by Gasteiger charge is 2.43. The first-order valence-corrected chi connectivity index (χ1v) is 7.27. The lowest BCUT2D eigenvalue weighted by atomic mass is 9.88. The number of carbonyl (C=O) groups is 1. The fourth-order valence-electron chi connectivity index (χ4n) is 2.11. The highest BCUT2D eigenvalue weighted by molar-refractivity contribution is 5.83. The summed E-state index contributed by atoms with van der Waals surface area (Å²) in [4.78, 5) is 14.7. The molecular formula is C15H18F3N3O3. The van der Waals surface area contributed by atoms with E-state index >= 15 is 0 Å². The maximum absolute atomic E-state index is 13.9. The molecule has 132 valence electrons. The molecule has 9 heteroatoms. The van der Waals surface area contributed by atoms with Crippen LogP contribution >= 0.6 is 0 Å². The van der Waals surface area contributed by atoms with Gasteiger partial charge in [-0.3, -0.25) is 5.32 Å². The molecule has 24 heavy (non-hydrogen) atoms. The Hall–Kier alpha value is -2.45. The van der Waals surface area contributed by atoms with Crippen LogP contribution < -0.4 is 11.1 Å². The maximum Gasteiger partial charge on any atom is 0.409 e. The number of hydrogen-bond donors (Lipinski definition) is 3. The molecule has 6 nitrogen and oxygen atoms in total. The van der Waals surface area contributed by atoms with Gasteiger partial charge in [0, 0.05) is 30.5 Å². The Morgan fingerprint density at radius 3 is 2.50 bits per heavy atom. The molecule has 0 spiro atoms. The average Bonchev–Trinajstić information content (AvgIpc) is 3.16. The molecule has 1 atom stereocenters. The number of nitrogens with one attached hydrogen (secondary N) is 1. The van der Waals surface area contributed by atoms with E-state index in [1.807, 2.05) is 0 Å². The minimum absolute atomic E-state index is 0.00440. The van der Waals surface area contributed by atoms with Crippen LogP contribution in [-0.4, -0.2) is 29.8 Å². The van der Waals surface area contributed by atoms with Crippen LogP contribution in [0.3, 0.4) is 0 Å². The molecule has 1 aromatic carbocycles. The number of aliphatic imine (C=N–C) groups is 1. The predicted molar refractivity (Wildman–Crippen MR) is 81.8 cm³/mol. The third-order valence-electron chi connectivity index (χ3n) is 3.62. The van der Waals surface area contributed by atoms with Crippen molar-refractivity contribution in [1.29, 1.82) is 0 Å². The van der Waals surface area contributed by atoms with Gasteiger partial charge in [-0.1, -0.05) is 0 Å². The first-order valence-electron chi connectivity index (χ1n) is 7.27. The van der Waals surface area contributed by atoms with Crippen molar-refractivity contribution in [2.45, 2.75) is 37.6 Å². The molecule has 4 N–H and O–H groups in total. The van der Waals surface area contributed by atoms with Crippen LogP contribution in [0.2, 0.25) is 0 Å². The predicted octanol–water partition coefficient (Wildman–Crippen LogP) is 3.28. The zero-order valence-electron chi connectivity index (χ0n) is 13.0. The molecular weight excluding hydrogens is 327 g/mol. The van der Waals surface area contributed by atoms with Crippen molar-refractivity contribution in [3.63, 3.8) is 0 Å². The molecule has 0 radical (unpaired) electrons. The van der Waals surface area contributed by atoms with Crippen LogP contribution in [0.1, 0.15) is 31.7 Å². The molecule has 2 aliphatic rings. The average molecular weight is 345 g/mol. The Labute approximate surface area is 136 Å². The van der Waals surface area contributed by atoms with Crippen LogP contribution in [0.5, 0.6) is 0 Å². The van der Waals surface area contributed by atoms with E-state index in [-0.39, 0.29) is 30.1 Å². The van der Waals surface area contributed by atoms with E-state index in [0.717, 1.165) is 0 Å². The Bertz CT molecular complexity index is 661. The van der Waals surface area contributed by atoms with Gasteiger partial charge >= 0.3 is 6.09 Å². The highest BCUT2D eigenvalue weighted by atomic mass is 19.3. The van der Waals surface area contributed by atoms with Crippen molar-refractivity contribution in [3.05, 3.63) is 29.6 Å². The molecule has 1 amide bonds. The third-order valence-corrected chi connectivity index (χ3v) is 3.62. The standard InChI is InChI=1S/C12H14FN3O3.C3H4F2/c1-12(4-5-19-10(14)16-12)8-6-7(15-11(17)18)2-3-9(8)13;4-3(5)1-2-3/h2-3,6,15H,4-5H2,1H3,(H2,14,16)(H,17,18);1-2H2/t12-;/m0./s1. The normalized spacial score (nSPS) is 23.9. The fraction of sp³-hybridized carbons (Fsp3) is 0.467.